The summed E-state index contributed by atoms with van der Waals surface area (Å²) in [5.74, 6) is 1.12. The van der Waals surface area contributed by atoms with Crippen molar-refractivity contribution in [3.05, 3.63) is 24.3 Å². The first-order valence-corrected chi connectivity index (χ1v) is 10.9. The smallest absolute Gasteiger partial charge is 0.412 e. The van der Waals surface area contributed by atoms with Crippen molar-refractivity contribution in [3.63, 3.8) is 0 Å². The van der Waals surface area contributed by atoms with Gasteiger partial charge in [-0.25, -0.2) is 4.79 Å². The summed E-state index contributed by atoms with van der Waals surface area (Å²) in [5.41, 5.74) is 0.682. The second kappa shape index (κ2) is 12.7. The van der Waals surface area contributed by atoms with Gasteiger partial charge in [-0.3, -0.25) is 5.32 Å². The molecule has 1 aromatic carbocycles. The first-order chi connectivity index (χ1) is 13.6. The molecule has 1 amide bonds. The van der Waals surface area contributed by atoms with Crippen LogP contribution in [0.5, 0.6) is 5.75 Å². The molecule has 1 aromatic rings. The van der Waals surface area contributed by atoms with Crippen LogP contribution in [0.1, 0.15) is 64.7 Å². The standard InChI is InChI=1S/C23H38N2O3/c1-4-5-6-7-12-17-27-22-16-11-9-14-20(22)24-23(26)28-21-15-10-8-13-19(21)18-25(2)3/h9,11,14,16,19,21H,4-8,10,12-13,15,17-18H2,1-3H3,(H,24,26)/t19-,21-/m1/s1. The Labute approximate surface area is 170 Å². The van der Waals surface area contributed by atoms with E-state index in [1.54, 1.807) is 0 Å². The van der Waals surface area contributed by atoms with Gasteiger partial charge in [0, 0.05) is 12.5 Å². The van der Waals surface area contributed by atoms with Crippen molar-refractivity contribution in [3.8, 4) is 5.75 Å². The Morgan fingerprint density at radius 1 is 1.11 bits per heavy atom. The van der Waals surface area contributed by atoms with Gasteiger partial charge in [0.15, 0.2) is 0 Å². The summed E-state index contributed by atoms with van der Waals surface area (Å²) in [6, 6.07) is 7.60. The van der Waals surface area contributed by atoms with Crippen LogP contribution in [0.2, 0.25) is 0 Å². The molecule has 2 atom stereocenters. The summed E-state index contributed by atoms with van der Waals surface area (Å²) in [4.78, 5) is 14.7. The molecule has 1 fully saturated rings. The summed E-state index contributed by atoms with van der Waals surface area (Å²) >= 11 is 0. The Morgan fingerprint density at radius 2 is 1.86 bits per heavy atom. The van der Waals surface area contributed by atoms with Crippen LogP contribution in [-0.2, 0) is 4.74 Å². The maximum Gasteiger partial charge on any atom is 0.412 e. The van der Waals surface area contributed by atoms with Crippen LogP contribution >= 0.6 is 0 Å². The molecule has 0 unspecified atom stereocenters. The van der Waals surface area contributed by atoms with Crippen molar-refractivity contribution < 1.29 is 14.3 Å². The lowest BCUT2D eigenvalue weighted by Gasteiger charge is -2.32. The number of unbranched alkanes of at least 4 members (excludes halogenated alkanes) is 4. The van der Waals surface area contributed by atoms with E-state index in [2.05, 4.69) is 31.2 Å². The third-order valence-corrected chi connectivity index (χ3v) is 5.33. The summed E-state index contributed by atoms with van der Waals surface area (Å²) in [6.07, 6.45) is 10.0. The minimum absolute atomic E-state index is 0.0113. The number of carbonyl (C=O) groups excluding carboxylic acids is 1. The highest BCUT2D eigenvalue weighted by molar-refractivity contribution is 5.86. The van der Waals surface area contributed by atoms with Crippen LogP contribution in [0.15, 0.2) is 24.3 Å². The molecule has 5 heteroatoms. The average Bonchev–Trinajstić information content (AvgIpc) is 2.67. The van der Waals surface area contributed by atoms with E-state index < -0.39 is 0 Å². The number of anilines is 1. The number of nitrogens with one attached hydrogen (secondary N) is 1. The zero-order chi connectivity index (χ0) is 20.2. The second-order valence-corrected chi connectivity index (χ2v) is 8.13. The van der Waals surface area contributed by atoms with Crippen LogP contribution in [0.25, 0.3) is 0 Å². The number of benzene rings is 1. The van der Waals surface area contributed by atoms with Crippen molar-refractivity contribution in [2.45, 2.75) is 70.8 Å². The lowest BCUT2D eigenvalue weighted by Crippen LogP contribution is -2.37. The molecular formula is C23H38N2O3. The molecule has 0 heterocycles. The number of nitrogens with zero attached hydrogens (tertiary/aromatic N) is 1. The van der Waals surface area contributed by atoms with Crippen molar-refractivity contribution in [2.24, 2.45) is 5.92 Å². The van der Waals surface area contributed by atoms with Crippen molar-refractivity contribution >= 4 is 11.8 Å². The van der Waals surface area contributed by atoms with Crippen LogP contribution in [0, 0.1) is 5.92 Å². The molecule has 158 valence electrons. The maximum absolute atomic E-state index is 12.5. The summed E-state index contributed by atoms with van der Waals surface area (Å²) in [6.45, 7) is 3.84. The zero-order valence-corrected chi connectivity index (χ0v) is 17.9. The fourth-order valence-electron chi connectivity index (χ4n) is 3.87. The highest BCUT2D eigenvalue weighted by Gasteiger charge is 2.29. The highest BCUT2D eigenvalue weighted by atomic mass is 16.6. The second-order valence-electron chi connectivity index (χ2n) is 8.13. The number of hydrogen-bond donors (Lipinski definition) is 1. The molecule has 0 aromatic heterocycles. The van der Waals surface area contributed by atoms with Crippen LogP contribution in [0.4, 0.5) is 10.5 Å². The van der Waals surface area contributed by atoms with Gasteiger partial charge in [-0.15, -0.1) is 0 Å². The Hall–Kier alpha value is -1.75. The molecule has 1 N–H and O–H groups in total. The van der Waals surface area contributed by atoms with Crippen LogP contribution in [0.3, 0.4) is 0 Å². The maximum atomic E-state index is 12.5. The van der Waals surface area contributed by atoms with Gasteiger partial charge in [-0.1, -0.05) is 51.2 Å². The molecule has 1 saturated carbocycles. The summed E-state index contributed by atoms with van der Waals surface area (Å²) in [7, 11) is 4.14. The van der Waals surface area contributed by atoms with Crippen LogP contribution < -0.4 is 10.1 Å². The molecule has 0 radical (unpaired) electrons. The molecule has 0 spiro atoms. The van der Waals surface area contributed by atoms with E-state index in [1.165, 1.54) is 32.1 Å². The number of ether oxygens (including phenoxy) is 2. The van der Waals surface area contributed by atoms with Crippen molar-refractivity contribution in [2.75, 3.05) is 32.6 Å². The number of hydrogen-bond acceptors (Lipinski definition) is 4. The molecule has 5 nitrogen and oxygen atoms in total. The van der Waals surface area contributed by atoms with Crippen molar-refractivity contribution in [1.29, 1.82) is 0 Å². The largest absolute Gasteiger partial charge is 0.491 e. The van der Waals surface area contributed by atoms with Gasteiger partial charge in [0.05, 0.1) is 12.3 Å². The first kappa shape index (κ1) is 22.5. The van der Waals surface area contributed by atoms with E-state index in [4.69, 9.17) is 9.47 Å². The van der Waals surface area contributed by atoms with E-state index >= 15 is 0 Å². The molecule has 28 heavy (non-hydrogen) atoms. The fourth-order valence-corrected chi connectivity index (χ4v) is 3.87. The minimum atomic E-state index is -0.380. The topological polar surface area (TPSA) is 50.8 Å². The number of carbonyl (C=O) groups is 1. The Kier molecular flexibility index (Phi) is 10.2. The van der Waals surface area contributed by atoms with Gasteiger partial charge in [-0.05, 0) is 51.9 Å². The summed E-state index contributed by atoms with van der Waals surface area (Å²) < 4.78 is 11.7. The van der Waals surface area contributed by atoms with Gasteiger partial charge < -0.3 is 14.4 Å². The van der Waals surface area contributed by atoms with E-state index in [1.807, 2.05) is 24.3 Å². The predicted molar refractivity (Wildman–Crippen MR) is 115 cm³/mol. The van der Waals surface area contributed by atoms with Gasteiger partial charge in [0.2, 0.25) is 0 Å². The lowest BCUT2D eigenvalue weighted by molar-refractivity contribution is 0.0357. The Balaban J connectivity index is 1.84. The normalized spacial score (nSPS) is 19.4. The van der Waals surface area contributed by atoms with Crippen LogP contribution in [-0.4, -0.2) is 44.3 Å². The minimum Gasteiger partial charge on any atom is -0.491 e. The molecule has 0 aliphatic heterocycles. The van der Waals surface area contributed by atoms with Gasteiger partial charge in [0.1, 0.15) is 11.9 Å². The first-order valence-electron chi connectivity index (χ1n) is 10.9. The molecule has 0 bridgehead atoms. The molecule has 0 saturated heterocycles. The Morgan fingerprint density at radius 3 is 2.64 bits per heavy atom. The molecule has 1 aliphatic carbocycles. The van der Waals surface area contributed by atoms with Gasteiger partial charge in [0.25, 0.3) is 0 Å². The lowest BCUT2D eigenvalue weighted by atomic mass is 9.86. The zero-order valence-electron chi connectivity index (χ0n) is 17.9. The van der Waals surface area contributed by atoms with E-state index in [0.717, 1.165) is 32.2 Å². The van der Waals surface area contributed by atoms with Gasteiger partial charge in [-0.2, -0.15) is 0 Å². The average molecular weight is 391 g/mol. The van der Waals surface area contributed by atoms with Gasteiger partial charge >= 0.3 is 6.09 Å². The summed E-state index contributed by atoms with van der Waals surface area (Å²) in [5, 5.41) is 2.89. The van der Waals surface area contributed by atoms with E-state index in [9.17, 15) is 4.79 Å². The third-order valence-electron chi connectivity index (χ3n) is 5.33. The van der Waals surface area contributed by atoms with Crippen molar-refractivity contribution in [1.82, 2.24) is 4.90 Å². The molecule has 2 rings (SSSR count). The Bertz CT molecular complexity index is 577. The molecule has 1 aliphatic rings. The molecular weight excluding hydrogens is 352 g/mol. The highest BCUT2D eigenvalue weighted by Crippen LogP contribution is 2.29. The third kappa shape index (κ3) is 8.09. The number of rotatable bonds is 11. The monoisotopic (exact) mass is 390 g/mol. The fraction of sp³-hybridized carbons (Fsp3) is 0.696. The van der Waals surface area contributed by atoms with E-state index in [-0.39, 0.29) is 12.2 Å². The SMILES string of the molecule is CCCCCCCOc1ccccc1NC(=O)O[C@@H]1CCCC[C@@H]1CN(C)C. The quantitative estimate of drug-likeness (QED) is 0.492. The predicted octanol–water partition coefficient (Wildman–Crippen LogP) is 5.70. The number of para-hydroxylation sites is 2. The van der Waals surface area contributed by atoms with E-state index in [0.29, 0.717) is 24.0 Å². The number of amides is 1.